The van der Waals surface area contributed by atoms with Gasteiger partial charge >= 0.3 is 0 Å². The van der Waals surface area contributed by atoms with Crippen LogP contribution in [0.3, 0.4) is 0 Å². The Balaban J connectivity index is 2.43. The first kappa shape index (κ1) is 14.2. The smallest absolute Gasteiger partial charge is 0.230 e. The van der Waals surface area contributed by atoms with Crippen LogP contribution in [-0.4, -0.2) is 11.8 Å². The van der Waals surface area contributed by atoms with Crippen LogP contribution in [0, 0.1) is 17.7 Å². The summed E-state index contributed by atoms with van der Waals surface area (Å²) in [6.07, 6.45) is 0.146. The zero-order valence-corrected chi connectivity index (χ0v) is 12.3. The summed E-state index contributed by atoms with van der Waals surface area (Å²) in [7, 11) is 0. The van der Waals surface area contributed by atoms with Gasteiger partial charge in [-0.05, 0) is 23.6 Å². The Morgan fingerprint density at radius 3 is 2.63 bits per heavy atom. The number of rotatable bonds is 2. The average molecular weight is 328 g/mol. The largest absolute Gasteiger partial charge is 0.296 e. The molecule has 0 spiro atoms. The Hall–Kier alpha value is -1.23. The van der Waals surface area contributed by atoms with E-state index in [4.69, 9.17) is 0 Å². The van der Waals surface area contributed by atoms with E-state index < -0.39 is 5.92 Å². The van der Waals surface area contributed by atoms with Gasteiger partial charge in [0.25, 0.3) is 0 Å². The van der Waals surface area contributed by atoms with Crippen molar-refractivity contribution in [2.24, 2.45) is 11.8 Å². The Kier molecular flexibility index (Phi) is 4.04. The highest BCUT2D eigenvalue weighted by Gasteiger charge is 2.39. The number of benzene rings is 1. The van der Waals surface area contributed by atoms with Gasteiger partial charge in [0.05, 0.1) is 0 Å². The second-order valence-electron chi connectivity index (χ2n) is 5.16. The highest BCUT2D eigenvalue weighted by atomic mass is 79.9. The molecule has 0 aliphatic carbocycles. The third-order valence-corrected chi connectivity index (χ3v) is 3.98. The van der Waals surface area contributed by atoms with Crippen LogP contribution in [0.1, 0.15) is 31.7 Å². The van der Waals surface area contributed by atoms with E-state index in [0.717, 1.165) is 0 Å². The lowest BCUT2D eigenvalue weighted by Gasteiger charge is -2.33. The number of piperidine rings is 1. The first-order chi connectivity index (χ1) is 8.90. The molecule has 1 aliphatic heterocycles. The molecule has 3 nitrogen and oxygen atoms in total. The maximum absolute atomic E-state index is 14.1. The minimum absolute atomic E-state index is 0.0427. The summed E-state index contributed by atoms with van der Waals surface area (Å²) in [5, 5.41) is 2.33. The van der Waals surface area contributed by atoms with Crippen LogP contribution in [0.25, 0.3) is 0 Å². The van der Waals surface area contributed by atoms with Crippen molar-refractivity contribution in [2.45, 2.75) is 26.2 Å². The fourth-order valence-corrected chi connectivity index (χ4v) is 2.99. The van der Waals surface area contributed by atoms with E-state index in [0.29, 0.717) is 10.0 Å². The summed E-state index contributed by atoms with van der Waals surface area (Å²) < 4.78 is 14.7. The molecule has 1 N–H and O–H groups in total. The Bertz CT molecular complexity index is 530. The summed E-state index contributed by atoms with van der Waals surface area (Å²) in [5.74, 6) is -1.76. The molecule has 2 atom stereocenters. The fraction of sp³-hybridized carbons (Fsp3) is 0.429. The molecule has 19 heavy (non-hydrogen) atoms. The van der Waals surface area contributed by atoms with Crippen LogP contribution >= 0.6 is 15.9 Å². The Morgan fingerprint density at radius 1 is 1.37 bits per heavy atom. The lowest BCUT2D eigenvalue weighted by atomic mass is 9.74. The molecule has 1 aliphatic rings. The predicted octanol–water partition coefficient (Wildman–Crippen LogP) is 2.99. The van der Waals surface area contributed by atoms with Crippen molar-refractivity contribution in [3.8, 4) is 0 Å². The third-order valence-electron chi connectivity index (χ3n) is 3.48. The standard InChI is InChI=1S/C14H15BrFNO2/c1-7(2)13-10(6-12(18)17-14(13)19)9-4-3-8(15)5-11(9)16/h3-5,7,10,13H,6H2,1-2H3,(H,17,18,19). The van der Waals surface area contributed by atoms with Gasteiger partial charge in [-0.15, -0.1) is 0 Å². The summed E-state index contributed by atoms with van der Waals surface area (Å²) in [6, 6.07) is 4.74. The highest BCUT2D eigenvalue weighted by molar-refractivity contribution is 9.10. The van der Waals surface area contributed by atoms with Crippen molar-refractivity contribution >= 4 is 27.7 Å². The molecule has 0 aromatic heterocycles. The van der Waals surface area contributed by atoms with Crippen molar-refractivity contribution in [1.29, 1.82) is 0 Å². The fourth-order valence-electron chi connectivity index (χ4n) is 2.65. The molecule has 0 saturated carbocycles. The number of imide groups is 1. The second kappa shape index (κ2) is 5.41. The summed E-state index contributed by atoms with van der Waals surface area (Å²) >= 11 is 3.20. The SMILES string of the molecule is CC(C)C1C(=O)NC(=O)CC1c1ccc(Br)cc1F. The van der Waals surface area contributed by atoms with Gasteiger partial charge in [-0.3, -0.25) is 14.9 Å². The maximum Gasteiger partial charge on any atom is 0.230 e. The van der Waals surface area contributed by atoms with E-state index in [1.165, 1.54) is 6.07 Å². The molecule has 2 unspecified atom stereocenters. The summed E-state index contributed by atoms with van der Waals surface area (Å²) in [6.45, 7) is 3.81. The van der Waals surface area contributed by atoms with Crippen molar-refractivity contribution in [1.82, 2.24) is 5.32 Å². The van der Waals surface area contributed by atoms with E-state index >= 15 is 0 Å². The third kappa shape index (κ3) is 2.86. The molecule has 2 rings (SSSR count). The number of amides is 2. The van der Waals surface area contributed by atoms with Crippen molar-refractivity contribution < 1.29 is 14.0 Å². The van der Waals surface area contributed by atoms with Gasteiger partial charge in [-0.2, -0.15) is 0 Å². The van der Waals surface area contributed by atoms with Crippen molar-refractivity contribution in [3.05, 3.63) is 34.1 Å². The molecule has 102 valence electrons. The minimum atomic E-state index is -0.394. The molecule has 5 heteroatoms. The van der Waals surface area contributed by atoms with Crippen LogP contribution < -0.4 is 5.32 Å². The minimum Gasteiger partial charge on any atom is -0.296 e. The number of carbonyl (C=O) groups is 2. The monoisotopic (exact) mass is 327 g/mol. The average Bonchev–Trinajstić information content (AvgIpc) is 2.26. The van der Waals surface area contributed by atoms with E-state index in [2.05, 4.69) is 21.2 Å². The van der Waals surface area contributed by atoms with Crippen LogP contribution in [0.4, 0.5) is 4.39 Å². The van der Waals surface area contributed by atoms with Gasteiger partial charge in [-0.1, -0.05) is 35.8 Å². The van der Waals surface area contributed by atoms with E-state index in [-0.39, 0.29) is 35.9 Å². The van der Waals surface area contributed by atoms with Crippen LogP contribution in [0.15, 0.2) is 22.7 Å². The summed E-state index contributed by atoms with van der Waals surface area (Å²) in [4.78, 5) is 23.5. The van der Waals surface area contributed by atoms with E-state index in [9.17, 15) is 14.0 Å². The molecule has 1 fully saturated rings. The Morgan fingerprint density at radius 2 is 2.05 bits per heavy atom. The van der Waals surface area contributed by atoms with Crippen molar-refractivity contribution in [3.63, 3.8) is 0 Å². The number of halogens is 2. The maximum atomic E-state index is 14.1. The zero-order valence-electron chi connectivity index (χ0n) is 10.7. The molecular formula is C14H15BrFNO2. The first-order valence-corrected chi connectivity index (χ1v) is 6.98. The van der Waals surface area contributed by atoms with E-state index in [1.807, 2.05) is 13.8 Å². The molecular weight excluding hydrogens is 313 g/mol. The lowest BCUT2D eigenvalue weighted by Crippen LogP contribution is -2.46. The van der Waals surface area contributed by atoms with E-state index in [1.54, 1.807) is 12.1 Å². The van der Waals surface area contributed by atoms with Crippen LogP contribution in [0.5, 0.6) is 0 Å². The zero-order chi connectivity index (χ0) is 14.2. The second-order valence-corrected chi connectivity index (χ2v) is 6.07. The van der Waals surface area contributed by atoms with Crippen molar-refractivity contribution in [2.75, 3.05) is 0 Å². The van der Waals surface area contributed by atoms with Gasteiger partial charge in [0, 0.05) is 22.7 Å². The molecule has 1 saturated heterocycles. The normalized spacial score (nSPS) is 23.6. The molecule has 1 aromatic rings. The predicted molar refractivity (Wildman–Crippen MR) is 72.9 cm³/mol. The number of carbonyl (C=O) groups excluding carboxylic acids is 2. The van der Waals surface area contributed by atoms with Gasteiger partial charge in [0.2, 0.25) is 11.8 Å². The molecule has 2 amide bonds. The van der Waals surface area contributed by atoms with Gasteiger partial charge < -0.3 is 0 Å². The number of nitrogens with one attached hydrogen (secondary N) is 1. The summed E-state index contributed by atoms with van der Waals surface area (Å²) in [5.41, 5.74) is 0.435. The quantitative estimate of drug-likeness (QED) is 0.849. The topological polar surface area (TPSA) is 46.2 Å². The highest BCUT2D eigenvalue weighted by Crippen LogP contribution is 2.37. The van der Waals surface area contributed by atoms with Gasteiger partial charge in [-0.25, -0.2) is 4.39 Å². The molecule has 0 radical (unpaired) electrons. The number of hydrogen-bond acceptors (Lipinski definition) is 2. The van der Waals surface area contributed by atoms with Gasteiger partial charge in [0.15, 0.2) is 0 Å². The lowest BCUT2D eigenvalue weighted by molar-refractivity contribution is -0.138. The van der Waals surface area contributed by atoms with Crippen LogP contribution in [-0.2, 0) is 9.59 Å². The van der Waals surface area contributed by atoms with Crippen LogP contribution in [0.2, 0.25) is 0 Å². The molecule has 1 aromatic carbocycles. The molecule has 1 heterocycles. The number of hydrogen-bond donors (Lipinski definition) is 1. The molecule has 0 bridgehead atoms. The Labute approximate surface area is 119 Å². The first-order valence-electron chi connectivity index (χ1n) is 6.18. The van der Waals surface area contributed by atoms with Gasteiger partial charge in [0.1, 0.15) is 5.82 Å².